The monoisotopic (exact) mass is 299 g/mol. The number of ether oxygens (including phenoxy) is 2. The molecule has 0 radical (unpaired) electrons. The Balaban J connectivity index is 1.72. The molecule has 2 aliphatic heterocycles. The van der Waals surface area contributed by atoms with E-state index in [0.717, 1.165) is 22.7 Å². The fourth-order valence-corrected chi connectivity index (χ4v) is 3.77. The molecule has 4 nitrogen and oxygen atoms in total. The molecule has 2 aliphatic rings. The molecule has 0 spiro atoms. The summed E-state index contributed by atoms with van der Waals surface area (Å²) >= 11 is 1.63. The molecular weight excluding hydrogens is 286 g/mol. The number of amides is 1. The van der Waals surface area contributed by atoms with Crippen LogP contribution in [0.5, 0.6) is 11.5 Å². The van der Waals surface area contributed by atoms with Crippen molar-refractivity contribution < 1.29 is 14.3 Å². The number of benzene rings is 2. The van der Waals surface area contributed by atoms with Crippen LogP contribution in [0.3, 0.4) is 0 Å². The van der Waals surface area contributed by atoms with Gasteiger partial charge in [0.25, 0.3) is 0 Å². The molecule has 0 aliphatic carbocycles. The highest BCUT2D eigenvalue weighted by Gasteiger charge is 2.34. The van der Waals surface area contributed by atoms with Crippen molar-refractivity contribution in [1.29, 1.82) is 0 Å². The molecule has 1 fully saturated rings. The Labute approximate surface area is 126 Å². The van der Waals surface area contributed by atoms with Gasteiger partial charge in [-0.3, -0.25) is 9.69 Å². The first-order valence-electron chi connectivity index (χ1n) is 6.71. The Morgan fingerprint density at radius 3 is 2.71 bits per heavy atom. The van der Waals surface area contributed by atoms with Gasteiger partial charge in [-0.1, -0.05) is 24.3 Å². The molecule has 1 unspecified atom stereocenters. The smallest absolute Gasteiger partial charge is 0.238 e. The van der Waals surface area contributed by atoms with Crippen LogP contribution >= 0.6 is 11.8 Å². The lowest BCUT2D eigenvalue weighted by Crippen LogP contribution is -2.27. The maximum absolute atomic E-state index is 12.2. The van der Waals surface area contributed by atoms with Gasteiger partial charge in [-0.05, 0) is 29.8 Å². The lowest BCUT2D eigenvalue weighted by molar-refractivity contribution is -0.115. The Hall–Kier alpha value is -2.14. The summed E-state index contributed by atoms with van der Waals surface area (Å²) in [5, 5.41) is -0.0191. The summed E-state index contributed by atoms with van der Waals surface area (Å²) in [4.78, 5) is 14.1. The first-order chi connectivity index (χ1) is 10.3. The fourth-order valence-electron chi connectivity index (χ4n) is 2.61. The van der Waals surface area contributed by atoms with Crippen LogP contribution in [0.1, 0.15) is 10.9 Å². The minimum absolute atomic E-state index is 0.0191. The predicted molar refractivity (Wildman–Crippen MR) is 81.7 cm³/mol. The van der Waals surface area contributed by atoms with Gasteiger partial charge in [0.15, 0.2) is 11.5 Å². The van der Waals surface area contributed by atoms with Crippen LogP contribution < -0.4 is 14.4 Å². The standard InChI is InChI=1S/C16H13NO3S/c18-15-9-21-16(17(15)12-4-2-1-3-5-12)11-6-7-13-14(8-11)20-10-19-13/h1-8,16H,9-10H2. The fraction of sp³-hybridized carbons (Fsp3) is 0.188. The molecule has 106 valence electrons. The molecule has 4 rings (SSSR count). The van der Waals surface area contributed by atoms with Crippen molar-refractivity contribution in [3.63, 3.8) is 0 Å². The SMILES string of the molecule is O=C1CSC(c2ccc3c(c2)OCO3)N1c1ccccc1. The molecule has 1 atom stereocenters. The second kappa shape index (κ2) is 5.00. The number of carbonyl (C=O) groups is 1. The number of nitrogens with zero attached hydrogens (tertiary/aromatic N) is 1. The van der Waals surface area contributed by atoms with Gasteiger partial charge in [0.2, 0.25) is 12.7 Å². The highest BCUT2D eigenvalue weighted by atomic mass is 32.2. The number of hydrogen-bond donors (Lipinski definition) is 0. The van der Waals surface area contributed by atoms with Gasteiger partial charge in [0.1, 0.15) is 5.37 Å². The number of rotatable bonds is 2. The van der Waals surface area contributed by atoms with E-state index in [2.05, 4.69) is 0 Å². The third kappa shape index (κ3) is 2.14. The van der Waals surface area contributed by atoms with Crippen molar-refractivity contribution in [2.24, 2.45) is 0 Å². The van der Waals surface area contributed by atoms with Gasteiger partial charge >= 0.3 is 0 Å². The van der Waals surface area contributed by atoms with Crippen LogP contribution in [-0.4, -0.2) is 18.5 Å². The molecule has 1 saturated heterocycles. The molecule has 0 saturated carbocycles. The zero-order valence-corrected chi connectivity index (χ0v) is 12.0. The maximum atomic E-state index is 12.2. The van der Waals surface area contributed by atoms with Crippen molar-refractivity contribution >= 4 is 23.4 Å². The van der Waals surface area contributed by atoms with Crippen LogP contribution in [-0.2, 0) is 4.79 Å². The van der Waals surface area contributed by atoms with E-state index in [1.807, 2.05) is 53.4 Å². The van der Waals surface area contributed by atoms with Crippen molar-refractivity contribution in [2.75, 3.05) is 17.4 Å². The molecule has 2 aromatic carbocycles. The summed E-state index contributed by atoms with van der Waals surface area (Å²) in [6.45, 7) is 0.262. The summed E-state index contributed by atoms with van der Waals surface area (Å²) in [6, 6.07) is 15.6. The summed E-state index contributed by atoms with van der Waals surface area (Å²) in [5.41, 5.74) is 1.98. The summed E-state index contributed by atoms with van der Waals surface area (Å²) in [5.74, 6) is 2.14. The number of para-hydroxylation sites is 1. The highest BCUT2D eigenvalue weighted by Crippen LogP contribution is 2.44. The molecular formula is C16H13NO3S. The Kier molecular flexibility index (Phi) is 3.00. The van der Waals surface area contributed by atoms with E-state index < -0.39 is 0 Å². The third-order valence-corrected chi connectivity index (χ3v) is 4.80. The highest BCUT2D eigenvalue weighted by molar-refractivity contribution is 8.00. The predicted octanol–water partition coefficient (Wildman–Crippen LogP) is 3.19. The number of thioether (sulfide) groups is 1. The van der Waals surface area contributed by atoms with Gasteiger partial charge < -0.3 is 9.47 Å². The number of hydrogen-bond acceptors (Lipinski definition) is 4. The lowest BCUT2D eigenvalue weighted by atomic mass is 10.1. The average Bonchev–Trinajstić information content (AvgIpc) is 3.13. The molecule has 0 aromatic heterocycles. The van der Waals surface area contributed by atoms with Gasteiger partial charge in [-0.25, -0.2) is 0 Å². The van der Waals surface area contributed by atoms with Crippen molar-refractivity contribution in [3.05, 3.63) is 54.1 Å². The van der Waals surface area contributed by atoms with Crippen LogP contribution in [0.25, 0.3) is 0 Å². The van der Waals surface area contributed by atoms with Crippen LogP contribution in [0.15, 0.2) is 48.5 Å². The molecule has 1 amide bonds. The van der Waals surface area contributed by atoms with Crippen LogP contribution in [0.4, 0.5) is 5.69 Å². The summed E-state index contributed by atoms with van der Waals surface area (Å²) in [7, 11) is 0. The minimum Gasteiger partial charge on any atom is -0.454 e. The first-order valence-corrected chi connectivity index (χ1v) is 7.76. The lowest BCUT2D eigenvalue weighted by Gasteiger charge is -2.24. The summed E-state index contributed by atoms with van der Waals surface area (Å²) in [6.07, 6.45) is 0. The third-order valence-electron chi connectivity index (χ3n) is 3.58. The Morgan fingerprint density at radius 1 is 1.05 bits per heavy atom. The number of anilines is 1. The largest absolute Gasteiger partial charge is 0.454 e. The zero-order chi connectivity index (χ0) is 14.2. The van der Waals surface area contributed by atoms with Crippen molar-refractivity contribution in [2.45, 2.75) is 5.37 Å². The van der Waals surface area contributed by atoms with E-state index >= 15 is 0 Å². The van der Waals surface area contributed by atoms with Crippen LogP contribution in [0, 0.1) is 0 Å². The minimum atomic E-state index is -0.0191. The Morgan fingerprint density at radius 2 is 1.86 bits per heavy atom. The zero-order valence-electron chi connectivity index (χ0n) is 11.2. The van der Waals surface area contributed by atoms with Gasteiger partial charge in [-0.2, -0.15) is 0 Å². The van der Waals surface area contributed by atoms with Crippen molar-refractivity contribution in [3.8, 4) is 11.5 Å². The van der Waals surface area contributed by atoms with Crippen LogP contribution in [0.2, 0.25) is 0 Å². The van der Waals surface area contributed by atoms with E-state index in [1.165, 1.54) is 0 Å². The maximum Gasteiger partial charge on any atom is 0.238 e. The molecule has 21 heavy (non-hydrogen) atoms. The quantitative estimate of drug-likeness (QED) is 0.853. The van der Waals surface area contributed by atoms with E-state index in [1.54, 1.807) is 11.8 Å². The summed E-state index contributed by atoms with van der Waals surface area (Å²) < 4.78 is 10.8. The second-order valence-electron chi connectivity index (χ2n) is 4.88. The van der Waals surface area contributed by atoms with Crippen molar-refractivity contribution in [1.82, 2.24) is 0 Å². The topological polar surface area (TPSA) is 38.8 Å². The van der Waals surface area contributed by atoms with E-state index in [0.29, 0.717) is 5.75 Å². The molecule has 0 bridgehead atoms. The van der Waals surface area contributed by atoms with E-state index in [9.17, 15) is 4.79 Å². The van der Waals surface area contributed by atoms with Gasteiger partial charge in [-0.15, -0.1) is 11.8 Å². The van der Waals surface area contributed by atoms with Gasteiger partial charge in [0, 0.05) is 5.69 Å². The van der Waals surface area contributed by atoms with Gasteiger partial charge in [0.05, 0.1) is 5.75 Å². The molecule has 2 aromatic rings. The first kappa shape index (κ1) is 12.6. The number of carbonyl (C=O) groups excluding carboxylic acids is 1. The molecule has 2 heterocycles. The molecule has 5 heteroatoms. The number of fused-ring (bicyclic) bond motifs is 1. The average molecular weight is 299 g/mol. The second-order valence-corrected chi connectivity index (χ2v) is 5.94. The molecule has 0 N–H and O–H groups in total. The normalized spacial score (nSPS) is 20.1. The Bertz CT molecular complexity index is 689. The van der Waals surface area contributed by atoms with E-state index in [4.69, 9.17) is 9.47 Å². The van der Waals surface area contributed by atoms with E-state index in [-0.39, 0.29) is 18.1 Å².